The summed E-state index contributed by atoms with van der Waals surface area (Å²) in [6.45, 7) is 4.22. The smallest absolute Gasteiger partial charge is 0.340 e. The highest BCUT2D eigenvalue weighted by atomic mass is 79.9. The summed E-state index contributed by atoms with van der Waals surface area (Å²) in [4.78, 5) is 12.5. The zero-order valence-corrected chi connectivity index (χ0v) is 22.4. The van der Waals surface area contributed by atoms with E-state index in [1.807, 2.05) is 25.1 Å². The van der Waals surface area contributed by atoms with Crippen LogP contribution in [0.5, 0.6) is 0 Å². The van der Waals surface area contributed by atoms with Crippen LogP contribution in [0.2, 0.25) is 0 Å². The lowest BCUT2D eigenvalue weighted by molar-refractivity contribution is -0.0000248. The van der Waals surface area contributed by atoms with Crippen LogP contribution < -0.4 is 38.2 Å². The number of hydrogen-bond donors (Lipinski definition) is 1. The van der Waals surface area contributed by atoms with Gasteiger partial charge in [0, 0.05) is 5.70 Å². The summed E-state index contributed by atoms with van der Waals surface area (Å²) in [6.07, 6.45) is 0. The van der Waals surface area contributed by atoms with Crippen molar-refractivity contribution in [3.05, 3.63) is 132 Å². The Morgan fingerprint density at radius 3 is 1.63 bits per heavy atom. The number of anilines is 1. The summed E-state index contributed by atoms with van der Waals surface area (Å²) in [6, 6.07) is 39.5. The average Bonchev–Trinajstić information content (AvgIpc) is 2.89. The molecular weight excluding hydrogens is 517 g/mol. The molecule has 0 saturated heterocycles. The predicted octanol–water partition coefficient (Wildman–Crippen LogP) is 3.13. The molecule has 0 unspecified atom stereocenters. The van der Waals surface area contributed by atoms with Gasteiger partial charge in [-0.15, -0.1) is 0 Å². The predicted molar refractivity (Wildman–Crippen MR) is 145 cm³/mol. The Bertz CT molecular complexity index is 1160. The summed E-state index contributed by atoms with van der Waals surface area (Å²) >= 11 is 0. The molecule has 0 saturated carbocycles. The van der Waals surface area contributed by atoms with E-state index in [4.69, 9.17) is 4.74 Å². The normalized spacial score (nSPS) is 11.3. The van der Waals surface area contributed by atoms with E-state index in [0.717, 1.165) is 11.4 Å². The van der Waals surface area contributed by atoms with Gasteiger partial charge in [-0.25, -0.2) is 4.79 Å². The Labute approximate surface area is 219 Å². The van der Waals surface area contributed by atoms with Crippen molar-refractivity contribution in [3.63, 3.8) is 0 Å². The zero-order chi connectivity index (χ0) is 23.8. The summed E-state index contributed by atoms with van der Waals surface area (Å²) in [5.74, 6) is 2.03. The minimum atomic E-state index is -2.14. The molecule has 0 aliphatic carbocycles. The molecule has 1 N–H and O–H groups in total. The van der Waals surface area contributed by atoms with E-state index in [-0.39, 0.29) is 23.0 Å². The number of nitrogens with one attached hydrogen (secondary N) is 1. The van der Waals surface area contributed by atoms with Gasteiger partial charge in [0.2, 0.25) is 0 Å². The maximum Gasteiger partial charge on any atom is 0.340 e. The molecule has 0 fully saturated rings. The molecule has 0 heterocycles. The molecule has 0 aliphatic rings. The Morgan fingerprint density at radius 1 is 0.743 bits per heavy atom. The van der Waals surface area contributed by atoms with E-state index in [1.54, 1.807) is 6.07 Å². The van der Waals surface area contributed by atoms with Gasteiger partial charge in [-0.1, -0.05) is 66.7 Å². The lowest BCUT2D eigenvalue weighted by Crippen LogP contribution is -3.00. The fourth-order valence-electron chi connectivity index (χ4n) is 4.17. The van der Waals surface area contributed by atoms with Crippen LogP contribution in [0.1, 0.15) is 24.2 Å². The standard InChI is InChI=1S/C30H28NO2P.BrH/c1-3-33-30(32)28-21-13-14-22-29(28)31-24(2)23-34(25-15-7-4-8-16-25,26-17-9-5-10-18-26)27-19-11-6-12-20-27;/h4-23H,3H2,1-2H3;1H/b24-23+;. The summed E-state index contributed by atoms with van der Waals surface area (Å²) < 4.78 is 5.27. The lowest BCUT2D eigenvalue weighted by Gasteiger charge is -2.25. The van der Waals surface area contributed by atoms with Crippen molar-refractivity contribution in [1.82, 2.24) is 0 Å². The molecule has 0 spiro atoms. The molecular formula is C30H29BrNO2P. The van der Waals surface area contributed by atoms with Crippen LogP contribution in [0, 0.1) is 0 Å². The molecule has 3 nitrogen and oxygen atoms in total. The number of benzene rings is 4. The van der Waals surface area contributed by atoms with Crippen LogP contribution in [-0.2, 0) is 4.74 Å². The van der Waals surface area contributed by atoms with E-state index < -0.39 is 7.26 Å². The van der Waals surface area contributed by atoms with Crippen molar-refractivity contribution >= 4 is 34.8 Å². The maximum atomic E-state index is 12.5. The highest BCUT2D eigenvalue weighted by Gasteiger charge is 2.43. The zero-order valence-electron chi connectivity index (χ0n) is 19.9. The molecule has 35 heavy (non-hydrogen) atoms. The molecule has 0 aromatic heterocycles. The largest absolute Gasteiger partial charge is 1.00 e. The quantitative estimate of drug-likeness (QED) is 0.273. The first kappa shape index (κ1) is 26.4. The average molecular weight is 546 g/mol. The third-order valence-electron chi connectivity index (χ3n) is 5.63. The fourth-order valence-corrected chi connectivity index (χ4v) is 8.09. The number of esters is 1. The molecule has 4 rings (SSSR count). The first-order valence-electron chi connectivity index (χ1n) is 11.4. The molecule has 0 amide bonds. The van der Waals surface area contributed by atoms with Gasteiger partial charge in [0.25, 0.3) is 0 Å². The van der Waals surface area contributed by atoms with Crippen molar-refractivity contribution in [2.24, 2.45) is 0 Å². The van der Waals surface area contributed by atoms with E-state index in [1.165, 1.54) is 15.9 Å². The lowest BCUT2D eigenvalue weighted by atomic mass is 10.2. The van der Waals surface area contributed by atoms with Gasteiger partial charge < -0.3 is 27.0 Å². The number of ether oxygens (including phenoxy) is 1. The number of carbonyl (C=O) groups excluding carboxylic acids is 1. The van der Waals surface area contributed by atoms with Gasteiger partial charge in [0.15, 0.2) is 0 Å². The highest BCUT2D eigenvalue weighted by Crippen LogP contribution is 2.57. The molecule has 4 aromatic carbocycles. The van der Waals surface area contributed by atoms with Gasteiger partial charge in [-0.2, -0.15) is 0 Å². The third kappa shape index (κ3) is 5.90. The highest BCUT2D eigenvalue weighted by molar-refractivity contribution is 7.98. The second-order valence-corrected chi connectivity index (χ2v) is 11.2. The van der Waals surface area contributed by atoms with E-state index in [9.17, 15) is 4.79 Å². The molecule has 0 bridgehead atoms. The number of halogens is 1. The van der Waals surface area contributed by atoms with Gasteiger partial charge >= 0.3 is 5.97 Å². The monoisotopic (exact) mass is 545 g/mol. The second-order valence-electron chi connectivity index (χ2n) is 7.93. The Morgan fingerprint density at radius 2 is 1.17 bits per heavy atom. The van der Waals surface area contributed by atoms with Crippen molar-refractivity contribution in [2.45, 2.75) is 13.8 Å². The number of para-hydroxylation sites is 1. The number of carbonyl (C=O) groups is 1. The number of hydrogen-bond acceptors (Lipinski definition) is 3. The minimum Gasteiger partial charge on any atom is -1.00 e. The molecule has 0 atom stereocenters. The fraction of sp³-hybridized carbons (Fsp3) is 0.100. The van der Waals surface area contributed by atoms with E-state index >= 15 is 0 Å². The SMILES string of the molecule is CCOC(=O)c1ccccc1N/C(C)=C/[P+](c1ccccc1)(c1ccccc1)c1ccccc1.[Br-]. The summed E-state index contributed by atoms with van der Waals surface area (Å²) in [5.41, 5.74) is 2.24. The van der Waals surface area contributed by atoms with Gasteiger partial charge in [-0.05, 0) is 62.4 Å². The van der Waals surface area contributed by atoms with Crippen LogP contribution in [0.3, 0.4) is 0 Å². The summed E-state index contributed by atoms with van der Waals surface area (Å²) in [5, 5.41) is 7.31. The van der Waals surface area contributed by atoms with Crippen LogP contribution in [-0.4, -0.2) is 12.6 Å². The molecule has 4 aromatic rings. The van der Waals surface area contributed by atoms with Crippen LogP contribution >= 0.6 is 7.26 Å². The Balaban J connectivity index is 0.00000342. The molecule has 5 heteroatoms. The summed E-state index contributed by atoms with van der Waals surface area (Å²) in [7, 11) is -2.14. The van der Waals surface area contributed by atoms with Crippen molar-refractivity contribution < 1.29 is 26.5 Å². The Hall–Kier alpha value is -3.20. The molecule has 0 aliphatic heterocycles. The van der Waals surface area contributed by atoms with Gasteiger partial charge in [-0.3, -0.25) is 0 Å². The van der Waals surface area contributed by atoms with Crippen molar-refractivity contribution in [3.8, 4) is 0 Å². The molecule has 178 valence electrons. The van der Waals surface area contributed by atoms with Crippen molar-refractivity contribution in [2.75, 3.05) is 11.9 Å². The first-order valence-corrected chi connectivity index (χ1v) is 13.3. The third-order valence-corrected chi connectivity index (χ3v) is 9.74. The van der Waals surface area contributed by atoms with E-state index in [2.05, 4.69) is 109 Å². The second kappa shape index (κ2) is 12.5. The van der Waals surface area contributed by atoms with Gasteiger partial charge in [0.05, 0.1) is 23.7 Å². The maximum absolute atomic E-state index is 12.5. The van der Waals surface area contributed by atoms with E-state index in [0.29, 0.717) is 12.2 Å². The van der Waals surface area contributed by atoms with Gasteiger partial charge in [0.1, 0.15) is 23.2 Å². The van der Waals surface area contributed by atoms with Crippen molar-refractivity contribution in [1.29, 1.82) is 0 Å². The van der Waals surface area contributed by atoms with Crippen LogP contribution in [0.15, 0.2) is 127 Å². The molecule has 0 radical (unpaired) electrons. The van der Waals surface area contributed by atoms with Crippen LogP contribution in [0.4, 0.5) is 5.69 Å². The topological polar surface area (TPSA) is 38.3 Å². The number of allylic oxidation sites excluding steroid dienone is 1. The Kier molecular flexibility index (Phi) is 9.42. The number of rotatable bonds is 8. The first-order chi connectivity index (χ1) is 16.6. The minimum absolute atomic E-state index is 0. The van der Waals surface area contributed by atoms with Crippen LogP contribution in [0.25, 0.3) is 0 Å².